The lowest BCUT2D eigenvalue weighted by Gasteiger charge is -2.26. The summed E-state index contributed by atoms with van der Waals surface area (Å²) < 4.78 is 1.48. The Bertz CT molecular complexity index is 899. The maximum absolute atomic E-state index is 12.8. The zero-order valence-corrected chi connectivity index (χ0v) is 15.9. The molecule has 134 valence electrons. The number of aliphatic imine (C=N–C) groups is 2. The van der Waals surface area contributed by atoms with Crippen LogP contribution in [0, 0.1) is 18.8 Å². The highest BCUT2D eigenvalue weighted by Crippen LogP contribution is 2.35. The largest absolute Gasteiger partial charge is 0.445 e. The monoisotopic (exact) mass is 369 g/mol. The molecule has 2 heterocycles. The van der Waals surface area contributed by atoms with Gasteiger partial charge in [0.15, 0.2) is 5.92 Å². The fourth-order valence-corrected chi connectivity index (χ4v) is 4.31. The van der Waals surface area contributed by atoms with Crippen LogP contribution >= 0.6 is 11.8 Å². The maximum atomic E-state index is 12.8. The molecule has 4 rings (SSSR count). The molecule has 26 heavy (non-hydrogen) atoms. The first-order valence-corrected chi connectivity index (χ1v) is 9.72. The molecule has 1 fully saturated rings. The summed E-state index contributed by atoms with van der Waals surface area (Å²) in [5, 5.41) is 0.747. The average molecular weight is 369 g/mol. The van der Waals surface area contributed by atoms with Crippen molar-refractivity contribution in [1.29, 1.82) is 0 Å². The molecule has 1 aliphatic carbocycles. The van der Waals surface area contributed by atoms with Gasteiger partial charge in [-0.25, -0.2) is 9.79 Å². The normalized spacial score (nSPS) is 23.0. The van der Waals surface area contributed by atoms with Crippen molar-refractivity contribution in [3.63, 3.8) is 0 Å². The first kappa shape index (κ1) is 17.1. The van der Waals surface area contributed by atoms with Gasteiger partial charge < -0.3 is 0 Å². The second kappa shape index (κ2) is 6.46. The lowest BCUT2D eigenvalue weighted by atomic mass is 10.0. The summed E-state index contributed by atoms with van der Waals surface area (Å²) in [5.74, 6) is 1.54. The van der Waals surface area contributed by atoms with Gasteiger partial charge in [-0.15, -0.1) is 11.8 Å². The molecule has 0 radical (unpaired) electrons. The minimum absolute atomic E-state index is 0.252. The number of amidine groups is 2. The number of fused-ring (bicyclic) bond motifs is 1. The van der Waals surface area contributed by atoms with Crippen LogP contribution in [0.2, 0.25) is 0 Å². The van der Waals surface area contributed by atoms with Gasteiger partial charge in [-0.05, 0) is 30.9 Å². The van der Waals surface area contributed by atoms with Crippen LogP contribution in [-0.4, -0.2) is 52.2 Å². The van der Waals surface area contributed by atoms with E-state index in [1.54, 1.807) is 18.8 Å². The van der Waals surface area contributed by atoms with Crippen molar-refractivity contribution in [3.8, 4) is 0 Å². The fraction of sp³-hybridized carbons (Fsp3) is 0.421. The summed E-state index contributed by atoms with van der Waals surface area (Å²) in [6.07, 6.45) is 2.14. The second-order valence-corrected chi connectivity index (χ2v) is 7.94. The lowest BCUT2D eigenvalue weighted by Crippen LogP contribution is -2.54. The standard InChI is InChI=1S/C19H21N4O2S/c1-11-6-4-5-7-13(11)10-26-17-14-16(20-15(21-17)12-8-9-12)22(2)19(25)23(3)18(14)24/h4-7,12,14H,8-10H2,1-3H3/q+1. The Hall–Kier alpha value is -2.28. The molecule has 6 nitrogen and oxygen atoms in total. The molecule has 3 amide bonds. The predicted octanol–water partition coefficient (Wildman–Crippen LogP) is 2.70. The molecule has 1 atom stereocenters. The number of aryl methyl sites for hydroxylation is 1. The molecule has 1 unspecified atom stereocenters. The lowest BCUT2D eigenvalue weighted by molar-refractivity contribution is -0.407. The molecule has 7 heteroatoms. The number of nitrogens with zero attached hydrogens (tertiary/aromatic N) is 4. The number of benzene rings is 1. The number of thioether (sulfide) groups is 1. The summed E-state index contributed by atoms with van der Waals surface area (Å²) in [4.78, 5) is 35.6. The Morgan fingerprint density at radius 3 is 2.65 bits per heavy atom. The summed E-state index contributed by atoms with van der Waals surface area (Å²) in [7, 11) is 3.19. The number of hydrogen-bond donors (Lipinski definition) is 0. The third-order valence-electron chi connectivity index (χ3n) is 5.03. The molecule has 1 saturated carbocycles. The first-order chi connectivity index (χ1) is 12.5. The van der Waals surface area contributed by atoms with Crippen molar-refractivity contribution in [2.45, 2.75) is 25.5 Å². The average Bonchev–Trinajstić information content (AvgIpc) is 3.48. The van der Waals surface area contributed by atoms with Crippen molar-refractivity contribution in [2.75, 3.05) is 14.1 Å². The number of rotatable bonds is 3. The highest BCUT2D eigenvalue weighted by atomic mass is 32.2. The molecule has 2 aliphatic heterocycles. The van der Waals surface area contributed by atoms with Crippen LogP contribution in [0.25, 0.3) is 0 Å². The Balaban J connectivity index is 1.70. The molecule has 0 bridgehead atoms. The van der Waals surface area contributed by atoms with Crippen molar-refractivity contribution in [3.05, 3.63) is 35.4 Å². The highest BCUT2D eigenvalue weighted by molar-refractivity contribution is 8.13. The van der Waals surface area contributed by atoms with Crippen LogP contribution in [0.1, 0.15) is 24.0 Å². The first-order valence-electron chi connectivity index (χ1n) is 8.74. The van der Waals surface area contributed by atoms with Gasteiger partial charge in [-0.1, -0.05) is 29.3 Å². The van der Waals surface area contributed by atoms with Gasteiger partial charge in [-0.3, -0.25) is 4.79 Å². The molecular formula is C19H21N4O2S+. The van der Waals surface area contributed by atoms with Gasteiger partial charge in [0.05, 0.1) is 14.1 Å². The van der Waals surface area contributed by atoms with E-state index in [0.29, 0.717) is 11.8 Å². The van der Waals surface area contributed by atoms with Gasteiger partial charge in [0.25, 0.3) is 5.84 Å². The third kappa shape index (κ3) is 2.90. The maximum Gasteiger partial charge on any atom is 0.445 e. The topological polar surface area (TPSA) is 65.1 Å². The predicted molar refractivity (Wildman–Crippen MR) is 103 cm³/mol. The molecule has 0 saturated heterocycles. The van der Waals surface area contributed by atoms with Gasteiger partial charge in [0, 0.05) is 11.7 Å². The van der Waals surface area contributed by atoms with Crippen molar-refractivity contribution >= 4 is 40.4 Å². The number of carbonyl (C=O) groups is 2. The quantitative estimate of drug-likeness (QED) is 0.770. The van der Waals surface area contributed by atoms with E-state index >= 15 is 0 Å². The Morgan fingerprint density at radius 2 is 1.96 bits per heavy atom. The van der Waals surface area contributed by atoms with Crippen molar-refractivity contribution in [1.82, 2.24) is 4.90 Å². The van der Waals surface area contributed by atoms with Gasteiger partial charge in [0.1, 0.15) is 5.04 Å². The number of carbonyl (C=O) groups excluding carboxylic acids is 2. The van der Waals surface area contributed by atoms with E-state index < -0.39 is 5.92 Å². The summed E-state index contributed by atoms with van der Waals surface area (Å²) in [5.41, 5.74) is 2.44. The van der Waals surface area contributed by atoms with Gasteiger partial charge >= 0.3 is 11.9 Å². The van der Waals surface area contributed by atoms with Crippen LogP contribution < -0.4 is 0 Å². The van der Waals surface area contributed by atoms with Crippen LogP contribution in [0.5, 0.6) is 0 Å². The van der Waals surface area contributed by atoms with E-state index in [9.17, 15) is 9.59 Å². The summed E-state index contributed by atoms with van der Waals surface area (Å²) in [6, 6.07) is 7.87. The van der Waals surface area contributed by atoms with Gasteiger partial charge in [-0.2, -0.15) is 9.48 Å². The Labute approximate surface area is 156 Å². The molecular weight excluding hydrogens is 348 g/mol. The summed E-state index contributed by atoms with van der Waals surface area (Å²) in [6.45, 7) is 2.08. The zero-order chi connectivity index (χ0) is 18.4. The third-order valence-corrected chi connectivity index (χ3v) is 6.11. The zero-order valence-electron chi connectivity index (χ0n) is 15.1. The minimum Gasteiger partial charge on any atom is -0.255 e. The van der Waals surface area contributed by atoms with Crippen molar-refractivity contribution < 1.29 is 14.2 Å². The van der Waals surface area contributed by atoms with Crippen molar-refractivity contribution in [2.24, 2.45) is 21.8 Å². The molecule has 1 aromatic rings. The molecule has 3 aliphatic rings. The second-order valence-electron chi connectivity index (χ2n) is 6.94. The van der Waals surface area contributed by atoms with Crippen LogP contribution in [-0.2, 0) is 10.5 Å². The molecule has 0 N–H and O–H groups in total. The minimum atomic E-state index is -0.584. The molecule has 1 aromatic carbocycles. The SMILES string of the molecule is Cc1ccccc1CSC1=NC(C2CC2)=NC2=[N+](C)C(=O)N(C)C(=O)C12. The Morgan fingerprint density at radius 1 is 1.23 bits per heavy atom. The number of imide groups is 1. The van der Waals surface area contributed by atoms with E-state index in [1.165, 1.54) is 22.8 Å². The van der Waals surface area contributed by atoms with E-state index in [0.717, 1.165) is 34.4 Å². The molecule has 0 spiro atoms. The smallest absolute Gasteiger partial charge is 0.255 e. The van der Waals surface area contributed by atoms with Crippen LogP contribution in [0.3, 0.4) is 0 Å². The fourth-order valence-electron chi connectivity index (χ4n) is 3.15. The number of urea groups is 1. The van der Waals surface area contributed by atoms with E-state index in [1.807, 2.05) is 12.1 Å². The van der Waals surface area contributed by atoms with Gasteiger partial charge in [0.2, 0.25) is 5.84 Å². The number of amides is 3. The highest BCUT2D eigenvalue weighted by Gasteiger charge is 2.50. The number of hydrogen-bond acceptors (Lipinski definition) is 5. The van der Waals surface area contributed by atoms with E-state index in [4.69, 9.17) is 4.99 Å². The molecule has 0 aromatic heterocycles. The van der Waals surface area contributed by atoms with E-state index in [-0.39, 0.29) is 11.9 Å². The van der Waals surface area contributed by atoms with Crippen LogP contribution in [0.15, 0.2) is 34.3 Å². The Kier molecular flexibility index (Phi) is 4.26. The summed E-state index contributed by atoms with van der Waals surface area (Å²) >= 11 is 1.57. The van der Waals surface area contributed by atoms with Crippen LogP contribution in [0.4, 0.5) is 4.79 Å². The van der Waals surface area contributed by atoms with E-state index in [2.05, 4.69) is 24.0 Å².